The van der Waals surface area contributed by atoms with Crippen LogP contribution in [0, 0.1) is 0 Å². The quantitative estimate of drug-likeness (QED) is 0.794. The number of aromatic nitrogens is 2. The number of nitrogens with zero attached hydrogens (tertiary/aromatic N) is 4. The minimum Gasteiger partial charge on any atom is -0.375 e. The van der Waals surface area contributed by atoms with Gasteiger partial charge in [0.2, 0.25) is 11.9 Å². The number of ether oxygens (including phenoxy) is 1. The van der Waals surface area contributed by atoms with Gasteiger partial charge in [0.05, 0.1) is 5.69 Å². The Labute approximate surface area is 142 Å². The normalized spacial score (nSPS) is 24.4. The van der Waals surface area contributed by atoms with Crippen LogP contribution in [0.3, 0.4) is 0 Å². The molecule has 24 heavy (non-hydrogen) atoms. The van der Waals surface area contributed by atoms with Gasteiger partial charge in [0.25, 0.3) is 0 Å². The van der Waals surface area contributed by atoms with Gasteiger partial charge in [-0.25, -0.2) is 4.98 Å². The smallest absolute Gasteiger partial charge is 0.248 e. The summed E-state index contributed by atoms with van der Waals surface area (Å²) in [4.78, 5) is 24.8. The van der Waals surface area contributed by atoms with Crippen LogP contribution in [0.5, 0.6) is 0 Å². The second-order valence-corrected chi connectivity index (χ2v) is 6.59. The van der Waals surface area contributed by atoms with E-state index in [0.29, 0.717) is 18.4 Å². The molecule has 2 aliphatic rings. The van der Waals surface area contributed by atoms with Crippen LogP contribution in [0.15, 0.2) is 6.07 Å². The highest BCUT2D eigenvalue weighted by molar-refractivity contribution is 5.77. The SMILES string of the molecule is COCC(=O)N1CCCN(c2cc(C3CC(N)C3)nc(N)n2)CC1. The van der Waals surface area contributed by atoms with Gasteiger partial charge in [-0.2, -0.15) is 4.98 Å². The third kappa shape index (κ3) is 3.76. The summed E-state index contributed by atoms with van der Waals surface area (Å²) in [6.45, 7) is 3.11. The van der Waals surface area contributed by atoms with Crippen molar-refractivity contribution in [1.29, 1.82) is 0 Å². The van der Waals surface area contributed by atoms with Crippen molar-refractivity contribution < 1.29 is 9.53 Å². The maximum atomic E-state index is 12.0. The molecular weight excluding hydrogens is 308 g/mol. The van der Waals surface area contributed by atoms with E-state index < -0.39 is 0 Å². The average Bonchev–Trinajstić information content (AvgIpc) is 2.77. The van der Waals surface area contributed by atoms with E-state index in [0.717, 1.165) is 50.4 Å². The molecule has 1 aromatic rings. The minimum atomic E-state index is 0.0331. The van der Waals surface area contributed by atoms with Crippen LogP contribution in [0.25, 0.3) is 0 Å². The topological polar surface area (TPSA) is 111 Å². The van der Waals surface area contributed by atoms with Gasteiger partial charge >= 0.3 is 0 Å². The van der Waals surface area contributed by atoms with E-state index in [1.165, 1.54) is 0 Å². The lowest BCUT2D eigenvalue weighted by molar-refractivity contribution is -0.134. The molecule has 1 aliphatic heterocycles. The van der Waals surface area contributed by atoms with Crippen molar-refractivity contribution in [2.75, 3.05) is 50.5 Å². The Balaban J connectivity index is 1.69. The van der Waals surface area contributed by atoms with Crippen molar-refractivity contribution in [3.8, 4) is 0 Å². The molecule has 0 spiro atoms. The first kappa shape index (κ1) is 16.9. The van der Waals surface area contributed by atoms with Gasteiger partial charge in [0, 0.05) is 51.3 Å². The number of hydrogen-bond donors (Lipinski definition) is 2. The standard InChI is InChI=1S/C16H26N6O2/c1-24-10-15(23)22-4-2-3-21(5-6-22)14-9-13(19-16(18)20-14)11-7-12(17)8-11/h9,11-12H,2-8,10,17H2,1H3,(H2,18,19,20). The Morgan fingerprint density at radius 2 is 2.08 bits per heavy atom. The lowest BCUT2D eigenvalue weighted by atomic mass is 9.78. The van der Waals surface area contributed by atoms with Crippen LogP contribution in [0.1, 0.15) is 30.9 Å². The molecule has 1 saturated heterocycles. The van der Waals surface area contributed by atoms with Crippen molar-refractivity contribution in [1.82, 2.24) is 14.9 Å². The lowest BCUT2D eigenvalue weighted by Gasteiger charge is -2.32. The van der Waals surface area contributed by atoms with Crippen molar-refractivity contribution >= 4 is 17.7 Å². The molecule has 1 saturated carbocycles. The van der Waals surface area contributed by atoms with E-state index in [1.54, 1.807) is 7.11 Å². The summed E-state index contributed by atoms with van der Waals surface area (Å²) in [5.41, 5.74) is 12.8. The Bertz CT molecular complexity index is 590. The Kier molecular flexibility index (Phi) is 5.15. The van der Waals surface area contributed by atoms with Crippen molar-refractivity contribution in [3.05, 3.63) is 11.8 Å². The van der Waals surface area contributed by atoms with Crippen molar-refractivity contribution in [2.45, 2.75) is 31.2 Å². The fourth-order valence-electron chi connectivity index (χ4n) is 3.36. The largest absolute Gasteiger partial charge is 0.375 e. The molecule has 0 atom stereocenters. The van der Waals surface area contributed by atoms with Crippen LogP contribution in [0.4, 0.5) is 11.8 Å². The van der Waals surface area contributed by atoms with E-state index in [9.17, 15) is 4.79 Å². The summed E-state index contributed by atoms with van der Waals surface area (Å²) in [6, 6.07) is 2.30. The monoisotopic (exact) mass is 334 g/mol. The van der Waals surface area contributed by atoms with Gasteiger partial charge in [0.15, 0.2) is 0 Å². The molecule has 0 radical (unpaired) electrons. The van der Waals surface area contributed by atoms with Crippen molar-refractivity contribution in [3.63, 3.8) is 0 Å². The van der Waals surface area contributed by atoms with Gasteiger partial charge in [-0.1, -0.05) is 0 Å². The van der Waals surface area contributed by atoms with Crippen LogP contribution in [0.2, 0.25) is 0 Å². The van der Waals surface area contributed by atoms with E-state index in [2.05, 4.69) is 14.9 Å². The molecular formula is C16H26N6O2. The maximum Gasteiger partial charge on any atom is 0.248 e. The van der Waals surface area contributed by atoms with Gasteiger partial charge in [-0.15, -0.1) is 0 Å². The summed E-state index contributed by atoms with van der Waals surface area (Å²) in [7, 11) is 1.54. The van der Waals surface area contributed by atoms with Crippen molar-refractivity contribution in [2.24, 2.45) is 5.73 Å². The van der Waals surface area contributed by atoms with E-state index in [1.807, 2.05) is 11.0 Å². The molecule has 8 heteroatoms. The molecule has 3 rings (SSSR count). The molecule has 132 valence electrons. The molecule has 1 amide bonds. The minimum absolute atomic E-state index is 0.0331. The summed E-state index contributed by atoms with van der Waals surface area (Å²) in [6.07, 6.45) is 2.80. The second kappa shape index (κ2) is 7.31. The average molecular weight is 334 g/mol. The van der Waals surface area contributed by atoms with Crippen LogP contribution >= 0.6 is 0 Å². The summed E-state index contributed by atoms with van der Waals surface area (Å²) in [5.74, 6) is 1.57. The number of carbonyl (C=O) groups excluding carboxylic acids is 1. The molecule has 8 nitrogen and oxygen atoms in total. The number of carbonyl (C=O) groups is 1. The number of nitrogen functional groups attached to an aromatic ring is 1. The molecule has 2 fully saturated rings. The van der Waals surface area contributed by atoms with Gasteiger partial charge in [0.1, 0.15) is 12.4 Å². The summed E-state index contributed by atoms with van der Waals surface area (Å²) < 4.78 is 4.94. The van der Waals surface area contributed by atoms with E-state index in [-0.39, 0.29) is 18.6 Å². The first-order valence-electron chi connectivity index (χ1n) is 8.48. The highest BCUT2D eigenvalue weighted by Crippen LogP contribution is 2.35. The Hall–Kier alpha value is -1.93. The first-order valence-corrected chi connectivity index (χ1v) is 8.48. The fourth-order valence-corrected chi connectivity index (χ4v) is 3.36. The zero-order valence-corrected chi connectivity index (χ0v) is 14.1. The van der Waals surface area contributed by atoms with Crippen LogP contribution in [-0.4, -0.2) is 66.7 Å². The molecule has 2 heterocycles. The predicted molar refractivity (Wildman–Crippen MR) is 91.7 cm³/mol. The molecule has 0 bridgehead atoms. The molecule has 0 unspecified atom stereocenters. The second-order valence-electron chi connectivity index (χ2n) is 6.59. The highest BCUT2D eigenvalue weighted by atomic mass is 16.5. The zero-order chi connectivity index (χ0) is 17.1. The zero-order valence-electron chi connectivity index (χ0n) is 14.1. The third-order valence-corrected chi connectivity index (χ3v) is 4.78. The summed E-state index contributed by atoms with van der Waals surface area (Å²) in [5, 5.41) is 0. The first-order chi connectivity index (χ1) is 11.6. The number of nitrogens with two attached hydrogens (primary N) is 2. The number of anilines is 2. The number of amides is 1. The Morgan fingerprint density at radius 3 is 2.79 bits per heavy atom. The Morgan fingerprint density at radius 1 is 1.29 bits per heavy atom. The van der Waals surface area contributed by atoms with E-state index in [4.69, 9.17) is 16.2 Å². The number of methoxy groups -OCH3 is 1. The third-order valence-electron chi connectivity index (χ3n) is 4.78. The molecule has 1 aliphatic carbocycles. The molecule has 1 aromatic heterocycles. The van der Waals surface area contributed by atoms with Gasteiger partial charge in [-0.05, 0) is 19.3 Å². The van der Waals surface area contributed by atoms with Crippen LogP contribution < -0.4 is 16.4 Å². The molecule has 4 N–H and O–H groups in total. The highest BCUT2D eigenvalue weighted by Gasteiger charge is 2.29. The lowest BCUT2D eigenvalue weighted by Crippen LogP contribution is -2.37. The van der Waals surface area contributed by atoms with E-state index >= 15 is 0 Å². The fraction of sp³-hybridized carbons (Fsp3) is 0.688. The maximum absolute atomic E-state index is 12.0. The van der Waals surface area contributed by atoms with Gasteiger partial charge in [-0.3, -0.25) is 4.79 Å². The molecule has 0 aromatic carbocycles. The van der Waals surface area contributed by atoms with Crippen LogP contribution in [-0.2, 0) is 9.53 Å². The number of hydrogen-bond acceptors (Lipinski definition) is 7. The number of rotatable bonds is 4. The summed E-state index contributed by atoms with van der Waals surface area (Å²) >= 11 is 0. The van der Waals surface area contributed by atoms with Gasteiger partial charge < -0.3 is 26.0 Å². The predicted octanol–water partition coefficient (Wildman–Crippen LogP) is -0.0514.